The summed E-state index contributed by atoms with van der Waals surface area (Å²) < 4.78 is 7.83. The molecule has 0 aliphatic carbocycles. The maximum Gasteiger partial charge on any atom is 0.325 e. The summed E-state index contributed by atoms with van der Waals surface area (Å²) in [4.78, 5) is 32.5. The van der Waals surface area contributed by atoms with Crippen LogP contribution in [0.1, 0.15) is 29.0 Å². The average Bonchev–Trinajstić information content (AvgIpc) is 2.96. The van der Waals surface area contributed by atoms with E-state index in [1.807, 2.05) is 92.0 Å². The number of aromatic nitrogens is 3. The molecule has 1 aromatic heterocycles. The van der Waals surface area contributed by atoms with Crippen LogP contribution < -0.4 is 19.9 Å². The van der Waals surface area contributed by atoms with Gasteiger partial charge in [0.2, 0.25) is 5.16 Å². The number of para-hydroxylation sites is 1. The second-order valence-electron chi connectivity index (χ2n) is 8.82. The van der Waals surface area contributed by atoms with Gasteiger partial charge in [-0.05, 0) is 59.0 Å². The van der Waals surface area contributed by atoms with Crippen molar-refractivity contribution in [2.24, 2.45) is 0 Å². The number of carbonyl (C=O) groups is 1. The lowest BCUT2D eigenvalue weighted by Gasteiger charge is -2.33. The average molecular weight is 522 g/mol. The van der Waals surface area contributed by atoms with Crippen LogP contribution >= 0.6 is 11.8 Å². The Labute approximate surface area is 223 Å². The van der Waals surface area contributed by atoms with Crippen LogP contribution in [0.5, 0.6) is 5.75 Å². The highest BCUT2D eigenvalue weighted by atomic mass is 32.2. The van der Waals surface area contributed by atoms with Crippen LogP contribution in [0.4, 0.5) is 5.69 Å². The predicted octanol–water partition coefficient (Wildman–Crippen LogP) is 5.21. The number of amides is 1. The maximum absolute atomic E-state index is 14.4. The Balaban J connectivity index is 1.75. The number of aromatic amines is 1. The Bertz CT molecular complexity index is 1740. The van der Waals surface area contributed by atoms with Crippen LogP contribution in [0.2, 0.25) is 0 Å². The van der Waals surface area contributed by atoms with Crippen molar-refractivity contribution in [3.05, 3.63) is 112 Å². The molecule has 2 heterocycles. The van der Waals surface area contributed by atoms with Gasteiger partial charge in [0, 0.05) is 10.7 Å². The summed E-state index contributed by atoms with van der Waals surface area (Å²) in [6.45, 7) is 2.37. The summed E-state index contributed by atoms with van der Waals surface area (Å²) in [5.74, 6) is 0.428. The topological polar surface area (TPSA) is 79.2 Å². The highest BCUT2D eigenvalue weighted by Gasteiger charge is 2.48. The first-order valence-electron chi connectivity index (χ1n) is 12.3. The van der Waals surface area contributed by atoms with Crippen molar-refractivity contribution in [3.8, 4) is 17.0 Å². The molecule has 0 bridgehead atoms. The number of nitrogens with one attached hydrogen (secondary N) is 1. The van der Waals surface area contributed by atoms with Gasteiger partial charge in [-0.2, -0.15) is 0 Å². The third-order valence-electron chi connectivity index (χ3n) is 6.68. The molecule has 4 aromatic carbocycles. The van der Waals surface area contributed by atoms with Crippen molar-refractivity contribution in [1.82, 2.24) is 10.1 Å². The van der Waals surface area contributed by atoms with Crippen molar-refractivity contribution >= 4 is 34.1 Å². The Kier molecular flexibility index (Phi) is 6.17. The zero-order valence-corrected chi connectivity index (χ0v) is 21.7. The molecule has 6 rings (SSSR count). The largest absolute Gasteiger partial charge is 0.493 e. The molecule has 0 saturated carbocycles. The van der Waals surface area contributed by atoms with Crippen LogP contribution in [0.3, 0.4) is 0 Å². The van der Waals surface area contributed by atoms with Gasteiger partial charge in [-0.15, -0.1) is 0 Å². The number of anilines is 1. The highest BCUT2D eigenvalue weighted by molar-refractivity contribution is 7.98. The van der Waals surface area contributed by atoms with Crippen LogP contribution in [-0.2, 0) is 0 Å². The fourth-order valence-electron chi connectivity index (χ4n) is 5.09. The molecule has 188 valence electrons. The van der Waals surface area contributed by atoms with E-state index in [1.165, 1.54) is 11.8 Å². The van der Waals surface area contributed by atoms with E-state index in [0.29, 0.717) is 40.0 Å². The second-order valence-corrected chi connectivity index (χ2v) is 9.62. The number of nitrogens with zero attached hydrogens (tertiary/aromatic N) is 3. The molecule has 0 radical (unpaired) electrons. The van der Waals surface area contributed by atoms with E-state index < -0.39 is 6.17 Å². The minimum absolute atomic E-state index is 0.204. The van der Waals surface area contributed by atoms with Crippen LogP contribution in [-0.4, -0.2) is 28.9 Å². The monoisotopic (exact) mass is 521 g/mol. The third-order valence-corrected chi connectivity index (χ3v) is 7.25. The summed E-state index contributed by atoms with van der Waals surface area (Å²) in [7, 11) is 0. The molecule has 1 atom stereocenters. The fourth-order valence-corrected chi connectivity index (χ4v) is 5.45. The standard InChI is InChI=1S/C30H24N4O3S/c1-3-37-24-18-17-19-11-7-8-14-21(19)25(24)28-33(29(36)20-12-5-4-6-13-20)23-16-10-9-15-22(23)26-27(35)31-30(38-2)32-34(26)28/h4-18,28H,3H2,1-2H3/p+1/t28-/m0/s1. The minimum atomic E-state index is -0.784. The molecular formula is C30H25N4O3S+. The van der Waals surface area contributed by atoms with Crippen molar-refractivity contribution < 1.29 is 14.2 Å². The zero-order chi connectivity index (χ0) is 26.2. The summed E-state index contributed by atoms with van der Waals surface area (Å²) in [6, 6.07) is 28.6. The number of hydrogen-bond donors (Lipinski definition) is 1. The summed E-state index contributed by atoms with van der Waals surface area (Å²) in [6.07, 6.45) is 1.07. The number of thioether (sulfide) groups is 1. The van der Waals surface area contributed by atoms with E-state index in [1.54, 1.807) is 21.7 Å². The molecule has 7 nitrogen and oxygen atoms in total. The normalized spacial score (nSPS) is 14.2. The Morgan fingerprint density at radius 2 is 1.74 bits per heavy atom. The molecule has 0 saturated heterocycles. The molecule has 1 amide bonds. The first-order chi connectivity index (χ1) is 18.6. The molecule has 1 N–H and O–H groups in total. The molecule has 0 unspecified atom stereocenters. The lowest BCUT2D eigenvalue weighted by molar-refractivity contribution is -0.762. The number of rotatable bonds is 5. The fraction of sp³-hybridized carbons (Fsp3) is 0.133. The number of hydrogen-bond acceptors (Lipinski definition) is 5. The van der Waals surface area contributed by atoms with Gasteiger partial charge in [-0.1, -0.05) is 72.4 Å². The zero-order valence-electron chi connectivity index (χ0n) is 20.9. The first-order valence-corrected chi connectivity index (χ1v) is 13.6. The van der Waals surface area contributed by atoms with Gasteiger partial charge in [0.05, 0.1) is 23.4 Å². The Morgan fingerprint density at radius 3 is 2.53 bits per heavy atom. The molecule has 8 heteroatoms. The van der Waals surface area contributed by atoms with Gasteiger partial charge in [-0.3, -0.25) is 14.6 Å². The van der Waals surface area contributed by atoms with Crippen molar-refractivity contribution in [2.75, 3.05) is 17.8 Å². The SMILES string of the molecule is CCOc1ccc2ccccc2c1[C@H]1N(C(=O)c2ccccc2)c2ccccc2-c2c(=O)[nH]c(SC)n[n+]21. The molecule has 0 spiro atoms. The van der Waals surface area contributed by atoms with Gasteiger partial charge in [0.15, 0.2) is 0 Å². The van der Waals surface area contributed by atoms with Gasteiger partial charge < -0.3 is 4.74 Å². The molecular weight excluding hydrogens is 496 g/mol. The van der Waals surface area contributed by atoms with Gasteiger partial charge in [0.1, 0.15) is 5.75 Å². The van der Waals surface area contributed by atoms with Crippen LogP contribution in [0, 0.1) is 0 Å². The van der Waals surface area contributed by atoms with Gasteiger partial charge >= 0.3 is 11.3 Å². The lowest BCUT2D eigenvalue weighted by Crippen LogP contribution is -2.61. The Morgan fingerprint density at radius 1 is 1.00 bits per heavy atom. The smallest absolute Gasteiger partial charge is 0.325 e. The summed E-state index contributed by atoms with van der Waals surface area (Å²) in [5.41, 5.74) is 2.67. The molecule has 1 aliphatic heterocycles. The van der Waals surface area contributed by atoms with Crippen molar-refractivity contribution in [2.45, 2.75) is 18.2 Å². The summed E-state index contributed by atoms with van der Waals surface area (Å²) in [5, 5.41) is 7.22. The quantitative estimate of drug-likeness (QED) is 0.254. The van der Waals surface area contributed by atoms with Crippen molar-refractivity contribution in [3.63, 3.8) is 0 Å². The highest BCUT2D eigenvalue weighted by Crippen LogP contribution is 2.42. The summed E-state index contributed by atoms with van der Waals surface area (Å²) >= 11 is 1.34. The third kappa shape index (κ3) is 3.85. The first kappa shape index (κ1) is 23.9. The van der Waals surface area contributed by atoms with E-state index in [-0.39, 0.29) is 11.5 Å². The molecule has 0 fully saturated rings. The minimum Gasteiger partial charge on any atom is -0.493 e. The number of H-pyrrole nitrogens is 1. The maximum atomic E-state index is 14.4. The van der Waals surface area contributed by atoms with Crippen LogP contribution in [0.25, 0.3) is 22.0 Å². The van der Waals surface area contributed by atoms with Crippen LogP contribution in [0.15, 0.2) is 101 Å². The lowest BCUT2D eigenvalue weighted by atomic mass is 9.96. The number of carbonyl (C=O) groups excluding carboxylic acids is 1. The predicted molar refractivity (Wildman–Crippen MR) is 149 cm³/mol. The van der Waals surface area contributed by atoms with E-state index in [4.69, 9.17) is 9.84 Å². The molecule has 38 heavy (non-hydrogen) atoms. The number of ether oxygens (including phenoxy) is 1. The van der Waals surface area contributed by atoms with E-state index >= 15 is 0 Å². The van der Waals surface area contributed by atoms with Gasteiger partial charge in [-0.25, -0.2) is 4.90 Å². The van der Waals surface area contributed by atoms with Crippen molar-refractivity contribution in [1.29, 1.82) is 0 Å². The van der Waals surface area contributed by atoms with E-state index in [2.05, 4.69) is 4.98 Å². The molecule has 1 aliphatic rings. The Hall–Kier alpha value is -4.43. The second kappa shape index (κ2) is 9.79. The van der Waals surface area contributed by atoms with E-state index in [0.717, 1.165) is 16.3 Å². The molecule has 5 aromatic rings. The van der Waals surface area contributed by atoms with Gasteiger partial charge in [0.25, 0.3) is 12.1 Å². The number of fused-ring (bicyclic) bond motifs is 4. The number of benzene rings is 4. The van der Waals surface area contributed by atoms with E-state index in [9.17, 15) is 9.59 Å².